The minimum absolute atomic E-state index is 0.0403. The Kier molecular flexibility index (Phi) is 3.84. The normalized spacial score (nSPS) is 44.1. The third-order valence-electron chi connectivity index (χ3n) is 3.85. The average Bonchev–Trinajstić information content (AvgIpc) is 2.85. The third-order valence-corrected chi connectivity index (χ3v) is 5.31. The smallest absolute Gasteiger partial charge is 0.0779 e. The lowest BCUT2D eigenvalue weighted by molar-refractivity contribution is 0.0153. The molecule has 0 amide bonds. The molecule has 0 aliphatic carbocycles. The standard InChI is InChI=1S/C12H24N2OS/c1-10-6-12(7-13,9-16-10)14-8-11(2)4-3-5-15-11/h10,14H,3-9,13H2,1-2H3. The Morgan fingerprint density at radius 1 is 1.56 bits per heavy atom. The first-order valence-corrected chi connectivity index (χ1v) is 7.33. The molecule has 3 N–H and O–H groups in total. The first-order chi connectivity index (χ1) is 7.58. The van der Waals surface area contributed by atoms with Gasteiger partial charge in [-0.2, -0.15) is 11.8 Å². The van der Waals surface area contributed by atoms with Crippen molar-refractivity contribution in [2.75, 3.05) is 25.4 Å². The molecule has 0 radical (unpaired) electrons. The van der Waals surface area contributed by atoms with Gasteiger partial charge in [-0.15, -0.1) is 0 Å². The molecule has 94 valence electrons. The Bertz CT molecular complexity index is 243. The summed E-state index contributed by atoms with van der Waals surface area (Å²) in [4.78, 5) is 0. The minimum Gasteiger partial charge on any atom is -0.374 e. The van der Waals surface area contributed by atoms with Gasteiger partial charge in [0.1, 0.15) is 0 Å². The van der Waals surface area contributed by atoms with Crippen LogP contribution in [0, 0.1) is 0 Å². The summed E-state index contributed by atoms with van der Waals surface area (Å²) in [7, 11) is 0. The molecule has 2 rings (SSSR count). The Labute approximate surface area is 103 Å². The first kappa shape index (κ1) is 12.7. The van der Waals surface area contributed by atoms with Crippen LogP contribution < -0.4 is 11.1 Å². The van der Waals surface area contributed by atoms with Crippen LogP contribution in [0.15, 0.2) is 0 Å². The largest absolute Gasteiger partial charge is 0.374 e. The van der Waals surface area contributed by atoms with E-state index in [4.69, 9.17) is 10.5 Å². The highest BCUT2D eigenvalue weighted by Gasteiger charge is 2.39. The Balaban J connectivity index is 1.87. The molecule has 0 aromatic carbocycles. The van der Waals surface area contributed by atoms with Gasteiger partial charge in [0, 0.05) is 36.2 Å². The van der Waals surface area contributed by atoms with Crippen LogP contribution in [0.1, 0.15) is 33.1 Å². The van der Waals surface area contributed by atoms with E-state index in [0.29, 0.717) is 0 Å². The van der Waals surface area contributed by atoms with Crippen molar-refractivity contribution in [2.45, 2.75) is 49.5 Å². The van der Waals surface area contributed by atoms with Crippen molar-refractivity contribution >= 4 is 11.8 Å². The molecule has 3 nitrogen and oxygen atoms in total. The van der Waals surface area contributed by atoms with Gasteiger partial charge in [0.2, 0.25) is 0 Å². The van der Waals surface area contributed by atoms with Crippen LogP contribution in [0.2, 0.25) is 0 Å². The van der Waals surface area contributed by atoms with Crippen molar-refractivity contribution in [1.29, 1.82) is 0 Å². The van der Waals surface area contributed by atoms with Crippen LogP contribution in [-0.4, -0.2) is 41.8 Å². The Morgan fingerprint density at radius 3 is 2.88 bits per heavy atom. The van der Waals surface area contributed by atoms with Crippen molar-refractivity contribution in [1.82, 2.24) is 5.32 Å². The van der Waals surface area contributed by atoms with Crippen LogP contribution in [0.4, 0.5) is 0 Å². The molecule has 2 heterocycles. The van der Waals surface area contributed by atoms with Crippen molar-refractivity contribution < 1.29 is 4.74 Å². The molecule has 4 heteroatoms. The lowest BCUT2D eigenvalue weighted by atomic mass is 9.94. The summed E-state index contributed by atoms with van der Waals surface area (Å²) < 4.78 is 5.81. The number of thioether (sulfide) groups is 1. The Morgan fingerprint density at radius 2 is 2.38 bits per heavy atom. The predicted octanol–water partition coefficient (Wildman–Crippen LogP) is 1.37. The number of ether oxygens (including phenoxy) is 1. The summed E-state index contributed by atoms with van der Waals surface area (Å²) in [6, 6.07) is 0. The maximum Gasteiger partial charge on any atom is 0.0779 e. The third kappa shape index (κ3) is 2.73. The summed E-state index contributed by atoms with van der Waals surface area (Å²) in [5.41, 5.74) is 6.13. The van der Waals surface area contributed by atoms with E-state index in [-0.39, 0.29) is 11.1 Å². The lowest BCUT2D eigenvalue weighted by Gasteiger charge is -2.33. The second-order valence-corrected chi connectivity index (χ2v) is 6.99. The molecule has 0 aromatic heterocycles. The van der Waals surface area contributed by atoms with Gasteiger partial charge in [-0.05, 0) is 26.2 Å². The van der Waals surface area contributed by atoms with Crippen LogP contribution in [0.3, 0.4) is 0 Å². The molecule has 3 unspecified atom stereocenters. The average molecular weight is 244 g/mol. The van der Waals surface area contributed by atoms with Crippen molar-refractivity contribution in [2.24, 2.45) is 5.73 Å². The summed E-state index contributed by atoms with van der Waals surface area (Å²) in [5.74, 6) is 1.14. The van der Waals surface area contributed by atoms with Crippen LogP contribution in [0.5, 0.6) is 0 Å². The lowest BCUT2D eigenvalue weighted by Crippen LogP contribution is -2.55. The van der Waals surface area contributed by atoms with Crippen molar-refractivity contribution in [3.05, 3.63) is 0 Å². The van der Waals surface area contributed by atoms with Crippen molar-refractivity contribution in [3.8, 4) is 0 Å². The highest BCUT2D eigenvalue weighted by atomic mass is 32.2. The predicted molar refractivity (Wildman–Crippen MR) is 69.9 cm³/mol. The van der Waals surface area contributed by atoms with E-state index in [9.17, 15) is 0 Å². The van der Waals surface area contributed by atoms with E-state index < -0.39 is 0 Å². The van der Waals surface area contributed by atoms with Gasteiger partial charge < -0.3 is 15.8 Å². The molecule has 16 heavy (non-hydrogen) atoms. The number of rotatable bonds is 4. The minimum atomic E-state index is 0.0403. The molecule has 2 fully saturated rings. The van der Waals surface area contributed by atoms with Gasteiger partial charge >= 0.3 is 0 Å². The molecule has 0 spiro atoms. The maximum atomic E-state index is 5.94. The van der Waals surface area contributed by atoms with Gasteiger partial charge in [-0.25, -0.2) is 0 Å². The van der Waals surface area contributed by atoms with Crippen LogP contribution in [-0.2, 0) is 4.74 Å². The first-order valence-electron chi connectivity index (χ1n) is 6.28. The second kappa shape index (κ2) is 4.84. The second-order valence-electron chi connectivity index (χ2n) is 5.57. The molecule has 2 aliphatic rings. The molecule has 0 aromatic rings. The summed E-state index contributed by atoms with van der Waals surface area (Å²) in [5, 5.41) is 4.42. The molecule has 3 atom stereocenters. The van der Waals surface area contributed by atoms with E-state index >= 15 is 0 Å². The Hall–Kier alpha value is 0.230. The molecule has 0 bridgehead atoms. The van der Waals surface area contributed by atoms with Gasteiger partial charge in [0.15, 0.2) is 0 Å². The zero-order valence-electron chi connectivity index (χ0n) is 10.4. The molecule has 0 saturated carbocycles. The summed E-state index contributed by atoms with van der Waals surface area (Å²) in [6.45, 7) is 7.09. The van der Waals surface area contributed by atoms with Gasteiger partial charge in [0.25, 0.3) is 0 Å². The van der Waals surface area contributed by atoms with Crippen molar-refractivity contribution in [3.63, 3.8) is 0 Å². The van der Waals surface area contributed by atoms with E-state index in [1.165, 1.54) is 19.3 Å². The molecular weight excluding hydrogens is 220 g/mol. The molecule has 2 aliphatic heterocycles. The number of hydrogen-bond acceptors (Lipinski definition) is 4. The van der Waals surface area contributed by atoms with E-state index in [1.54, 1.807) is 0 Å². The number of nitrogens with one attached hydrogen (secondary N) is 1. The monoisotopic (exact) mass is 244 g/mol. The topological polar surface area (TPSA) is 47.3 Å². The van der Waals surface area contributed by atoms with Gasteiger partial charge in [-0.1, -0.05) is 6.92 Å². The highest BCUT2D eigenvalue weighted by molar-refractivity contribution is 8.00. The van der Waals surface area contributed by atoms with Gasteiger partial charge in [0.05, 0.1) is 5.60 Å². The SMILES string of the molecule is CC1CC(CN)(NCC2(C)CCCO2)CS1. The fourth-order valence-corrected chi connectivity index (χ4v) is 4.04. The highest BCUT2D eigenvalue weighted by Crippen LogP contribution is 2.34. The summed E-state index contributed by atoms with van der Waals surface area (Å²) in [6.07, 6.45) is 3.55. The zero-order valence-corrected chi connectivity index (χ0v) is 11.2. The summed E-state index contributed by atoms with van der Waals surface area (Å²) >= 11 is 2.03. The van der Waals surface area contributed by atoms with Crippen LogP contribution in [0.25, 0.3) is 0 Å². The fourth-order valence-electron chi connectivity index (χ4n) is 2.66. The quantitative estimate of drug-likeness (QED) is 0.784. The molecule has 2 saturated heterocycles. The van der Waals surface area contributed by atoms with E-state index in [2.05, 4.69) is 19.2 Å². The number of nitrogens with two attached hydrogens (primary N) is 1. The fraction of sp³-hybridized carbons (Fsp3) is 1.00. The van der Waals surface area contributed by atoms with Gasteiger partial charge in [-0.3, -0.25) is 0 Å². The van der Waals surface area contributed by atoms with E-state index in [1.807, 2.05) is 11.8 Å². The zero-order chi connectivity index (χ0) is 11.6. The number of hydrogen-bond donors (Lipinski definition) is 2. The van der Waals surface area contributed by atoms with Crippen LogP contribution >= 0.6 is 11.8 Å². The maximum absolute atomic E-state index is 5.94. The molecular formula is C12H24N2OS. The van der Waals surface area contributed by atoms with E-state index in [0.717, 1.165) is 30.7 Å².